The Morgan fingerprint density at radius 2 is 2.22 bits per heavy atom. The molecule has 1 aliphatic rings. The zero-order chi connectivity index (χ0) is 12.5. The van der Waals surface area contributed by atoms with Crippen LogP contribution in [0.15, 0.2) is 24.7 Å². The normalized spacial score (nSPS) is 16.4. The Kier molecular flexibility index (Phi) is 2.71. The largest absolute Gasteiger partial charge is 0.361 e. The first kappa shape index (κ1) is 11.2. The molecule has 18 heavy (non-hydrogen) atoms. The minimum absolute atomic E-state index is 0.0245. The van der Waals surface area contributed by atoms with Crippen LogP contribution in [0.25, 0.3) is 0 Å². The first-order valence-electron chi connectivity index (χ1n) is 6.07. The summed E-state index contributed by atoms with van der Waals surface area (Å²) in [5.41, 5.74) is 7.81. The Hall–Kier alpha value is -1.95. The Morgan fingerprint density at radius 1 is 1.33 bits per heavy atom. The second kappa shape index (κ2) is 4.38. The van der Waals surface area contributed by atoms with Gasteiger partial charge in [0.15, 0.2) is 5.82 Å². The highest BCUT2D eigenvalue weighted by atomic mass is 15.3. The van der Waals surface area contributed by atoms with Gasteiger partial charge in [0.05, 0.1) is 24.1 Å². The van der Waals surface area contributed by atoms with Crippen LogP contribution in [0.4, 0.5) is 5.69 Å². The van der Waals surface area contributed by atoms with Crippen LogP contribution in [0.3, 0.4) is 0 Å². The molecule has 2 aromatic heterocycles. The second-order valence-electron chi connectivity index (χ2n) is 4.59. The quantitative estimate of drug-likeness (QED) is 0.842. The average molecular weight is 244 g/mol. The fourth-order valence-electron chi connectivity index (χ4n) is 2.14. The number of anilines is 1. The third-order valence-corrected chi connectivity index (χ3v) is 3.24. The van der Waals surface area contributed by atoms with Crippen molar-refractivity contribution in [2.45, 2.75) is 26.1 Å². The molecule has 0 aliphatic carbocycles. The maximum absolute atomic E-state index is 5.79. The van der Waals surface area contributed by atoms with Crippen molar-refractivity contribution in [3.8, 4) is 0 Å². The molecule has 3 rings (SSSR count). The van der Waals surface area contributed by atoms with Crippen molar-refractivity contribution in [3.05, 3.63) is 36.2 Å². The number of nitrogens with two attached hydrogens (primary N) is 1. The number of fused-ring (bicyclic) bond motifs is 1. The molecule has 6 nitrogen and oxygen atoms in total. The van der Waals surface area contributed by atoms with Crippen LogP contribution < -0.4 is 10.6 Å². The van der Waals surface area contributed by atoms with Crippen molar-refractivity contribution in [1.82, 2.24) is 19.7 Å². The van der Waals surface area contributed by atoms with Crippen molar-refractivity contribution < 1.29 is 0 Å². The van der Waals surface area contributed by atoms with Crippen LogP contribution in [-0.4, -0.2) is 26.3 Å². The molecular formula is C12H16N6. The van der Waals surface area contributed by atoms with E-state index in [-0.39, 0.29) is 6.04 Å². The molecule has 0 bridgehead atoms. The van der Waals surface area contributed by atoms with Crippen LogP contribution in [-0.2, 0) is 13.1 Å². The highest BCUT2D eigenvalue weighted by Gasteiger charge is 2.17. The average Bonchev–Trinajstić information content (AvgIpc) is 2.86. The van der Waals surface area contributed by atoms with Gasteiger partial charge in [-0.2, -0.15) is 0 Å². The Balaban J connectivity index is 1.80. The summed E-state index contributed by atoms with van der Waals surface area (Å²) in [5.74, 6) is 0.998. The fraction of sp³-hybridized carbons (Fsp3) is 0.417. The maximum Gasteiger partial charge on any atom is 0.152 e. The Labute approximate surface area is 105 Å². The molecule has 0 saturated heterocycles. The van der Waals surface area contributed by atoms with Crippen molar-refractivity contribution in [2.24, 2.45) is 5.73 Å². The summed E-state index contributed by atoms with van der Waals surface area (Å²) in [6.07, 6.45) is 3.66. The summed E-state index contributed by atoms with van der Waals surface area (Å²) in [7, 11) is 0. The van der Waals surface area contributed by atoms with E-state index in [4.69, 9.17) is 5.73 Å². The standard InChI is InChI=1S/C12H16N6/c1-9(13)11-3-2-10(6-14-11)17-4-5-18-8-15-16-12(18)7-17/h2-3,6,8-9H,4-5,7,13H2,1H3. The number of rotatable bonds is 2. The molecule has 94 valence electrons. The lowest BCUT2D eigenvalue weighted by molar-refractivity contribution is 0.559. The SMILES string of the molecule is CC(N)c1ccc(N2CCn3cnnc3C2)cn1. The lowest BCUT2D eigenvalue weighted by Crippen LogP contribution is -2.33. The Bertz CT molecular complexity index is 530. The molecule has 0 fully saturated rings. The van der Waals surface area contributed by atoms with Gasteiger partial charge < -0.3 is 15.2 Å². The van der Waals surface area contributed by atoms with E-state index in [9.17, 15) is 0 Å². The van der Waals surface area contributed by atoms with Gasteiger partial charge in [0, 0.05) is 19.1 Å². The highest BCUT2D eigenvalue weighted by molar-refractivity contribution is 5.45. The van der Waals surface area contributed by atoms with Gasteiger partial charge in [-0.05, 0) is 19.1 Å². The molecule has 1 atom stereocenters. The number of aromatic nitrogens is 4. The summed E-state index contributed by atoms with van der Waals surface area (Å²) in [6.45, 7) is 4.58. The molecule has 0 aromatic carbocycles. The van der Waals surface area contributed by atoms with E-state index in [2.05, 4.69) is 30.7 Å². The third-order valence-electron chi connectivity index (χ3n) is 3.24. The second-order valence-corrected chi connectivity index (χ2v) is 4.59. The monoisotopic (exact) mass is 244 g/mol. The van der Waals surface area contributed by atoms with Gasteiger partial charge in [-0.15, -0.1) is 10.2 Å². The molecule has 3 heterocycles. The van der Waals surface area contributed by atoms with Crippen LogP contribution in [0, 0.1) is 0 Å². The van der Waals surface area contributed by atoms with Crippen LogP contribution >= 0.6 is 0 Å². The van der Waals surface area contributed by atoms with Crippen LogP contribution in [0.2, 0.25) is 0 Å². The van der Waals surface area contributed by atoms with Gasteiger partial charge >= 0.3 is 0 Å². The van der Waals surface area contributed by atoms with E-state index in [0.29, 0.717) is 0 Å². The molecule has 1 aliphatic heterocycles. The molecule has 2 aromatic rings. The Morgan fingerprint density at radius 3 is 2.94 bits per heavy atom. The summed E-state index contributed by atoms with van der Waals surface area (Å²) >= 11 is 0. The molecule has 1 unspecified atom stereocenters. The highest BCUT2D eigenvalue weighted by Crippen LogP contribution is 2.20. The van der Waals surface area contributed by atoms with E-state index < -0.39 is 0 Å². The first-order chi connectivity index (χ1) is 8.74. The zero-order valence-corrected chi connectivity index (χ0v) is 10.3. The van der Waals surface area contributed by atoms with E-state index in [1.54, 1.807) is 6.33 Å². The first-order valence-corrected chi connectivity index (χ1v) is 6.07. The van der Waals surface area contributed by atoms with Gasteiger partial charge in [-0.3, -0.25) is 4.98 Å². The van der Waals surface area contributed by atoms with Crippen molar-refractivity contribution in [2.75, 3.05) is 11.4 Å². The summed E-state index contributed by atoms with van der Waals surface area (Å²) in [5, 5.41) is 8.03. The number of hydrogen-bond donors (Lipinski definition) is 1. The number of pyridine rings is 1. The number of hydrogen-bond acceptors (Lipinski definition) is 5. The number of nitrogens with zero attached hydrogens (tertiary/aromatic N) is 5. The smallest absolute Gasteiger partial charge is 0.152 e. The molecule has 0 saturated carbocycles. The minimum atomic E-state index is -0.0245. The lowest BCUT2D eigenvalue weighted by Gasteiger charge is -2.28. The molecule has 0 amide bonds. The van der Waals surface area contributed by atoms with Gasteiger partial charge in [-0.1, -0.05) is 0 Å². The van der Waals surface area contributed by atoms with E-state index in [0.717, 1.165) is 36.8 Å². The lowest BCUT2D eigenvalue weighted by atomic mass is 10.2. The van der Waals surface area contributed by atoms with Gasteiger partial charge in [-0.25, -0.2) is 0 Å². The molecule has 6 heteroatoms. The van der Waals surface area contributed by atoms with Crippen molar-refractivity contribution in [3.63, 3.8) is 0 Å². The van der Waals surface area contributed by atoms with E-state index in [1.165, 1.54) is 0 Å². The zero-order valence-electron chi connectivity index (χ0n) is 10.3. The van der Waals surface area contributed by atoms with Crippen molar-refractivity contribution in [1.29, 1.82) is 0 Å². The topological polar surface area (TPSA) is 72.9 Å². The van der Waals surface area contributed by atoms with Crippen LogP contribution in [0.5, 0.6) is 0 Å². The molecule has 0 spiro atoms. The summed E-state index contributed by atoms with van der Waals surface area (Å²) in [6, 6.07) is 4.03. The summed E-state index contributed by atoms with van der Waals surface area (Å²) in [4.78, 5) is 6.64. The maximum atomic E-state index is 5.79. The predicted molar refractivity (Wildman–Crippen MR) is 67.9 cm³/mol. The minimum Gasteiger partial charge on any atom is -0.361 e. The summed E-state index contributed by atoms with van der Waals surface area (Å²) < 4.78 is 2.08. The third kappa shape index (κ3) is 1.95. The van der Waals surface area contributed by atoms with E-state index >= 15 is 0 Å². The predicted octanol–water partition coefficient (Wildman–Crippen LogP) is 0.713. The van der Waals surface area contributed by atoms with E-state index in [1.807, 2.05) is 19.2 Å². The molecule has 2 N–H and O–H groups in total. The van der Waals surface area contributed by atoms with Gasteiger partial charge in [0.1, 0.15) is 6.33 Å². The van der Waals surface area contributed by atoms with Gasteiger partial charge in [0.25, 0.3) is 0 Å². The van der Waals surface area contributed by atoms with Crippen molar-refractivity contribution >= 4 is 5.69 Å². The fourth-order valence-corrected chi connectivity index (χ4v) is 2.14. The van der Waals surface area contributed by atoms with Gasteiger partial charge in [0.2, 0.25) is 0 Å². The molecular weight excluding hydrogens is 228 g/mol. The molecule has 0 radical (unpaired) electrons. The van der Waals surface area contributed by atoms with Crippen LogP contribution in [0.1, 0.15) is 24.5 Å².